The van der Waals surface area contributed by atoms with Crippen molar-refractivity contribution < 1.29 is 18.7 Å². The lowest BCUT2D eigenvalue weighted by atomic mass is 10.1. The Kier molecular flexibility index (Phi) is 6.26. The molecule has 0 radical (unpaired) electrons. The molecule has 0 bridgehead atoms. The van der Waals surface area contributed by atoms with Crippen LogP contribution < -0.4 is 15.0 Å². The maximum Gasteiger partial charge on any atom is 0.244 e. The third-order valence-electron chi connectivity index (χ3n) is 4.98. The minimum absolute atomic E-state index is 0.00333. The molecule has 4 rings (SSSR count). The van der Waals surface area contributed by atoms with Crippen molar-refractivity contribution in [1.29, 1.82) is 0 Å². The van der Waals surface area contributed by atoms with E-state index in [2.05, 4.69) is 10.3 Å². The summed E-state index contributed by atoms with van der Waals surface area (Å²) in [7, 11) is 0. The number of ether oxygens (including phenoxy) is 1. The zero-order valence-corrected chi connectivity index (χ0v) is 17.5. The van der Waals surface area contributed by atoms with Gasteiger partial charge < -0.3 is 15.0 Å². The molecule has 1 aliphatic rings. The Bertz CT molecular complexity index is 1160. The molecule has 0 fully saturated rings. The number of hydrogen-bond acceptors (Lipinski definition) is 4. The zero-order chi connectivity index (χ0) is 22.5. The first-order valence-electron chi connectivity index (χ1n) is 10.3. The molecule has 7 heteroatoms. The Labute approximate surface area is 185 Å². The summed E-state index contributed by atoms with van der Waals surface area (Å²) in [6, 6.07) is 20.1. The Morgan fingerprint density at radius 2 is 1.78 bits per heavy atom. The molecule has 1 aliphatic heterocycles. The number of anilines is 2. The summed E-state index contributed by atoms with van der Waals surface area (Å²) in [5.41, 5.74) is 2.92. The minimum Gasteiger partial charge on any atom is -0.494 e. The average molecular weight is 431 g/mol. The first-order chi connectivity index (χ1) is 15.5. The summed E-state index contributed by atoms with van der Waals surface area (Å²) in [5.74, 6) is -0.239. The second-order valence-corrected chi connectivity index (χ2v) is 7.22. The molecule has 32 heavy (non-hydrogen) atoms. The van der Waals surface area contributed by atoms with Crippen LogP contribution in [-0.2, 0) is 9.59 Å². The Morgan fingerprint density at radius 3 is 2.50 bits per heavy atom. The van der Waals surface area contributed by atoms with Crippen LogP contribution in [0.5, 0.6) is 5.75 Å². The van der Waals surface area contributed by atoms with Gasteiger partial charge in [0.2, 0.25) is 11.8 Å². The number of rotatable bonds is 6. The molecule has 1 heterocycles. The van der Waals surface area contributed by atoms with Gasteiger partial charge in [0.25, 0.3) is 0 Å². The summed E-state index contributed by atoms with van der Waals surface area (Å²) in [5, 5.41) is 2.81. The van der Waals surface area contributed by atoms with Gasteiger partial charge in [0.05, 0.1) is 30.1 Å². The number of nitrogens with one attached hydrogen (secondary N) is 1. The largest absolute Gasteiger partial charge is 0.494 e. The number of carbonyl (C=O) groups is 2. The molecule has 1 N–H and O–H groups in total. The van der Waals surface area contributed by atoms with Gasteiger partial charge >= 0.3 is 0 Å². The van der Waals surface area contributed by atoms with E-state index in [-0.39, 0.29) is 30.6 Å². The highest BCUT2D eigenvalue weighted by Crippen LogP contribution is 2.33. The molecule has 0 unspecified atom stereocenters. The minimum atomic E-state index is -0.359. The Hall–Kier alpha value is -4.00. The van der Waals surface area contributed by atoms with E-state index < -0.39 is 0 Å². The maximum atomic E-state index is 13.3. The first-order valence-corrected chi connectivity index (χ1v) is 10.3. The number of fused-ring (bicyclic) bond motifs is 1. The van der Waals surface area contributed by atoms with E-state index in [0.29, 0.717) is 40.7 Å². The van der Waals surface area contributed by atoms with Crippen molar-refractivity contribution in [2.24, 2.45) is 4.99 Å². The third kappa shape index (κ3) is 4.83. The van der Waals surface area contributed by atoms with Gasteiger partial charge in [-0.25, -0.2) is 4.39 Å². The van der Waals surface area contributed by atoms with Gasteiger partial charge in [0.1, 0.15) is 18.1 Å². The van der Waals surface area contributed by atoms with E-state index >= 15 is 0 Å². The zero-order valence-electron chi connectivity index (χ0n) is 17.5. The lowest BCUT2D eigenvalue weighted by molar-refractivity contribution is -0.120. The molecule has 0 spiro atoms. The Balaban J connectivity index is 1.54. The smallest absolute Gasteiger partial charge is 0.244 e. The number of para-hydroxylation sites is 2. The van der Waals surface area contributed by atoms with Crippen molar-refractivity contribution in [2.45, 2.75) is 13.3 Å². The van der Waals surface area contributed by atoms with E-state index in [1.54, 1.807) is 54.6 Å². The van der Waals surface area contributed by atoms with E-state index in [1.165, 1.54) is 17.0 Å². The van der Waals surface area contributed by atoms with Gasteiger partial charge in [-0.15, -0.1) is 0 Å². The fourth-order valence-corrected chi connectivity index (χ4v) is 3.47. The van der Waals surface area contributed by atoms with Crippen LogP contribution in [-0.4, -0.2) is 30.7 Å². The summed E-state index contributed by atoms with van der Waals surface area (Å²) >= 11 is 0. The van der Waals surface area contributed by atoms with Crippen molar-refractivity contribution >= 4 is 34.6 Å². The SMILES string of the molecule is CCOc1ccc(NC(=O)CN2C(=O)CC(c3ccc(F)cc3)=Nc3ccccc32)cc1. The second-order valence-electron chi connectivity index (χ2n) is 7.22. The van der Waals surface area contributed by atoms with E-state index in [9.17, 15) is 14.0 Å². The van der Waals surface area contributed by atoms with Crippen molar-refractivity contribution in [2.75, 3.05) is 23.4 Å². The number of benzene rings is 3. The van der Waals surface area contributed by atoms with Gasteiger partial charge in [-0.3, -0.25) is 14.6 Å². The van der Waals surface area contributed by atoms with Gasteiger partial charge in [-0.2, -0.15) is 0 Å². The first kappa shape index (κ1) is 21.2. The number of amides is 2. The molecule has 3 aromatic carbocycles. The molecule has 162 valence electrons. The maximum absolute atomic E-state index is 13.3. The average Bonchev–Trinajstić information content (AvgIpc) is 2.92. The monoisotopic (exact) mass is 431 g/mol. The highest BCUT2D eigenvalue weighted by molar-refractivity contribution is 6.18. The van der Waals surface area contributed by atoms with Crippen molar-refractivity contribution in [1.82, 2.24) is 0 Å². The number of aliphatic imine (C=N–C) groups is 1. The predicted octanol–water partition coefficient (Wildman–Crippen LogP) is 4.72. The summed E-state index contributed by atoms with van der Waals surface area (Å²) in [6.45, 7) is 2.30. The molecule has 0 saturated heterocycles. The van der Waals surface area contributed by atoms with E-state index in [1.807, 2.05) is 13.0 Å². The van der Waals surface area contributed by atoms with Crippen LogP contribution in [0.3, 0.4) is 0 Å². The molecule has 0 atom stereocenters. The number of hydrogen-bond donors (Lipinski definition) is 1. The highest BCUT2D eigenvalue weighted by atomic mass is 19.1. The molecular formula is C25H22FN3O3. The molecular weight excluding hydrogens is 409 g/mol. The topological polar surface area (TPSA) is 71.0 Å². The van der Waals surface area contributed by atoms with Gasteiger partial charge in [0.15, 0.2) is 0 Å². The number of nitrogens with zero attached hydrogens (tertiary/aromatic N) is 2. The quantitative estimate of drug-likeness (QED) is 0.614. The van der Waals surface area contributed by atoms with E-state index in [4.69, 9.17) is 4.74 Å². The lowest BCUT2D eigenvalue weighted by Gasteiger charge is -2.22. The van der Waals surface area contributed by atoms with Crippen LogP contribution in [0.1, 0.15) is 18.9 Å². The molecule has 0 aliphatic carbocycles. The van der Waals surface area contributed by atoms with Gasteiger partial charge in [0, 0.05) is 5.69 Å². The van der Waals surface area contributed by atoms with Crippen LogP contribution in [0, 0.1) is 5.82 Å². The molecule has 3 aromatic rings. The van der Waals surface area contributed by atoms with Crippen molar-refractivity contribution in [3.8, 4) is 5.75 Å². The van der Waals surface area contributed by atoms with Crippen LogP contribution in [0.4, 0.5) is 21.5 Å². The summed E-state index contributed by atoms with van der Waals surface area (Å²) < 4.78 is 18.7. The van der Waals surface area contributed by atoms with Gasteiger partial charge in [-0.05, 0) is 61.0 Å². The fraction of sp³-hybridized carbons (Fsp3) is 0.160. The van der Waals surface area contributed by atoms with Crippen molar-refractivity contribution in [3.63, 3.8) is 0 Å². The summed E-state index contributed by atoms with van der Waals surface area (Å²) in [4.78, 5) is 31.9. The standard InChI is InChI=1S/C25H22FN3O3/c1-2-32-20-13-11-19(12-14-20)27-24(30)16-29-23-6-4-3-5-21(23)28-22(15-25(29)31)17-7-9-18(26)10-8-17/h3-14H,2,15-16H2,1H3,(H,27,30). The number of halogens is 1. The predicted molar refractivity (Wildman–Crippen MR) is 122 cm³/mol. The van der Waals surface area contributed by atoms with Crippen LogP contribution in [0.15, 0.2) is 77.8 Å². The molecule has 2 amide bonds. The summed E-state index contributed by atoms with van der Waals surface area (Å²) in [6.07, 6.45) is -0.00333. The highest BCUT2D eigenvalue weighted by Gasteiger charge is 2.26. The number of carbonyl (C=O) groups excluding carboxylic acids is 2. The molecule has 0 saturated carbocycles. The Morgan fingerprint density at radius 1 is 1.06 bits per heavy atom. The molecule has 0 aromatic heterocycles. The van der Waals surface area contributed by atoms with Gasteiger partial charge in [-0.1, -0.05) is 24.3 Å². The van der Waals surface area contributed by atoms with Crippen LogP contribution in [0.25, 0.3) is 0 Å². The molecule has 6 nitrogen and oxygen atoms in total. The van der Waals surface area contributed by atoms with Crippen LogP contribution >= 0.6 is 0 Å². The third-order valence-corrected chi connectivity index (χ3v) is 4.98. The van der Waals surface area contributed by atoms with Crippen molar-refractivity contribution in [3.05, 3.63) is 84.2 Å². The fourth-order valence-electron chi connectivity index (χ4n) is 3.47. The normalized spacial score (nSPS) is 13.1. The van der Waals surface area contributed by atoms with Crippen LogP contribution in [0.2, 0.25) is 0 Å². The lowest BCUT2D eigenvalue weighted by Crippen LogP contribution is -2.38. The van der Waals surface area contributed by atoms with E-state index in [0.717, 1.165) is 0 Å². The second kappa shape index (κ2) is 9.43.